The summed E-state index contributed by atoms with van der Waals surface area (Å²) in [6, 6.07) is 1.73. The molecule has 1 heterocycles. The number of nitrogens with one attached hydrogen (secondary N) is 2. The maximum atomic E-state index is 10.9. The quantitative estimate of drug-likeness (QED) is 0.598. The number of H-pyrrole nitrogens is 1. The molecule has 1 aromatic heterocycles. The highest BCUT2D eigenvalue weighted by Gasteiger charge is 1.99. The zero-order valence-corrected chi connectivity index (χ0v) is 6.93. The molecule has 4 heteroatoms. The summed E-state index contributed by atoms with van der Waals surface area (Å²) in [5, 5.41) is 9.03. The monoisotopic (exact) mass is 163 g/mol. The molecule has 0 saturated heterocycles. The molecule has 1 aromatic rings. The Morgan fingerprint density at radius 1 is 1.75 bits per heavy atom. The first-order chi connectivity index (χ1) is 5.72. The molecule has 0 unspecified atom stereocenters. The van der Waals surface area contributed by atoms with E-state index < -0.39 is 0 Å². The fourth-order valence-electron chi connectivity index (χ4n) is 0.743. The van der Waals surface area contributed by atoms with Crippen LogP contribution in [0.1, 0.15) is 12.6 Å². The lowest BCUT2D eigenvalue weighted by atomic mass is 10.4. The first kappa shape index (κ1) is 8.34. The minimum Gasteiger partial charge on any atom is -0.298 e. The van der Waals surface area contributed by atoms with Crippen molar-refractivity contribution in [2.45, 2.75) is 13.8 Å². The van der Waals surface area contributed by atoms with E-state index in [2.05, 4.69) is 27.4 Å². The van der Waals surface area contributed by atoms with Crippen molar-refractivity contribution in [2.24, 2.45) is 0 Å². The smallest absolute Gasteiger partial charge is 0.298 e. The van der Waals surface area contributed by atoms with Gasteiger partial charge >= 0.3 is 5.91 Å². The minimum absolute atomic E-state index is 0.344. The summed E-state index contributed by atoms with van der Waals surface area (Å²) in [5.41, 5.74) is 0.898. The van der Waals surface area contributed by atoms with Gasteiger partial charge in [0, 0.05) is 11.8 Å². The number of carbonyl (C=O) groups excluding carboxylic acids is 1. The predicted molar refractivity (Wildman–Crippen MR) is 45.4 cm³/mol. The Balaban J connectivity index is 2.62. The van der Waals surface area contributed by atoms with Gasteiger partial charge in [0.05, 0.1) is 0 Å². The average Bonchev–Trinajstić information content (AvgIpc) is 2.36. The second-order valence-electron chi connectivity index (χ2n) is 2.27. The highest BCUT2D eigenvalue weighted by Crippen LogP contribution is 2.02. The van der Waals surface area contributed by atoms with Crippen molar-refractivity contribution in [3.05, 3.63) is 11.8 Å². The topological polar surface area (TPSA) is 57.8 Å². The predicted octanol–water partition coefficient (Wildman–Crippen LogP) is 0.680. The van der Waals surface area contributed by atoms with E-state index in [0.29, 0.717) is 5.82 Å². The Kier molecular flexibility index (Phi) is 2.49. The van der Waals surface area contributed by atoms with Gasteiger partial charge in [0.25, 0.3) is 0 Å². The summed E-state index contributed by atoms with van der Waals surface area (Å²) >= 11 is 0. The van der Waals surface area contributed by atoms with Gasteiger partial charge in [-0.15, -0.1) is 0 Å². The van der Waals surface area contributed by atoms with Crippen molar-refractivity contribution < 1.29 is 4.79 Å². The molecule has 0 aliphatic carbocycles. The van der Waals surface area contributed by atoms with Crippen LogP contribution in [0.4, 0.5) is 5.82 Å². The molecule has 0 spiro atoms. The third-order valence-electron chi connectivity index (χ3n) is 1.19. The fraction of sp³-hybridized carbons (Fsp3) is 0.250. The minimum atomic E-state index is -0.344. The van der Waals surface area contributed by atoms with E-state index in [1.165, 1.54) is 0 Å². The van der Waals surface area contributed by atoms with Crippen molar-refractivity contribution in [3.8, 4) is 11.8 Å². The molecular weight excluding hydrogens is 154 g/mol. The van der Waals surface area contributed by atoms with Gasteiger partial charge in [-0.1, -0.05) is 5.92 Å². The van der Waals surface area contributed by atoms with Crippen LogP contribution in [-0.2, 0) is 4.79 Å². The van der Waals surface area contributed by atoms with Crippen molar-refractivity contribution in [3.63, 3.8) is 0 Å². The van der Waals surface area contributed by atoms with Gasteiger partial charge in [0.15, 0.2) is 5.82 Å². The third-order valence-corrected chi connectivity index (χ3v) is 1.19. The van der Waals surface area contributed by atoms with Crippen LogP contribution in [0, 0.1) is 18.8 Å². The van der Waals surface area contributed by atoms with E-state index in [-0.39, 0.29) is 5.91 Å². The first-order valence-electron chi connectivity index (χ1n) is 3.48. The Hall–Kier alpha value is -1.76. The SMILES string of the molecule is CC#CC(=O)Nc1cc(C)[nH]n1. The zero-order chi connectivity index (χ0) is 8.97. The number of amides is 1. The zero-order valence-electron chi connectivity index (χ0n) is 6.93. The van der Waals surface area contributed by atoms with Crippen molar-refractivity contribution in [1.82, 2.24) is 10.2 Å². The molecule has 0 radical (unpaired) electrons. The summed E-state index contributed by atoms with van der Waals surface area (Å²) in [7, 11) is 0. The van der Waals surface area contributed by atoms with Crippen LogP contribution in [0.3, 0.4) is 0 Å². The normalized spacial score (nSPS) is 8.50. The molecule has 4 nitrogen and oxygen atoms in total. The number of rotatable bonds is 1. The second kappa shape index (κ2) is 3.58. The van der Waals surface area contributed by atoms with Gasteiger partial charge in [-0.3, -0.25) is 15.2 Å². The summed E-state index contributed by atoms with van der Waals surface area (Å²) in [5.74, 6) is 5.00. The van der Waals surface area contributed by atoms with E-state index in [4.69, 9.17) is 0 Å². The van der Waals surface area contributed by atoms with Crippen LogP contribution < -0.4 is 5.32 Å². The van der Waals surface area contributed by atoms with Crippen molar-refractivity contribution in [2.75, 3.05) is 5.32 Å². The van der Waals surface area contributed by atoms with Gasteiger partial charge in [0.1, 0.15) is 0 Å². The highest BCUT2D eigenvalue weighted by atomic mass is 16.1. The number of aryl methyl sites for hydroxylation is 1. The van der Waals surface area contributed by atoms with Gasteiger partial charge in [-0.25, -0.2) is 0 Å². The number of hydrogen-bond acceptors (Lipinski definition) is 2. The van der Waals surface area contributed by atoms with Gasteiger partial charge in [-0.2, -0.15) is 5.10 Å². The second-order valence-corrected chi connectivity index (χ2v) is 2.27. The molecule has 1 rings (SSSR count). The number of anilines is 1. The maximum absolute atomic E-state index is 10.9. The Morgan fingerprint density at radius 3 is 3.00 bits per heavy atom. The van der Waals surface area contributed by atoms with E-state index in [9.17, 15) is 4.79 Å². The molecule has 12 heavy (non-hydrogen) atoms. The van der Waals surface area contributed by atoms with Gasteiger partial charge in [0.2, 0.25) is 0 Å². The average molecular weight is 163 g/mol. The fourth-order valence-corrected chi connectivity index (χ4v) is 0.743. The van der Waals surface area contributed by atoms with E-state index in [0.717, 1.165) is 5.69 Å². The Labute approximate surface area is 70.4 Å². The lowest BCUT2D eigenvalue weighted by Crippen LogP contribution is -2.08. The molecule has 0 aliphatic rings. The number of nitrogens with zero attached hydrogens (tertiary/aromatic N) is 1. The van der Waals surface area contributed by atoms with E-state index >= 15 is 0 Å². The van der Waals surface area contributed by atoms with Crippen LogP contribution in [0.25, 0.3) is 0 Å². The third kappa shape index (κ3) is 2.13. The standard InChI is InChI=1S/C8H9N3O/c1-3-4-8(12)9-7-5-6(2)10-11-7/h5H,1-2H3,(H2,9,10,11,12). The number of aromatic nitrogens is 2. The Bertz CT molecular complexity index is 343. The van der Waals surface area contributed by atoms with Crippen LogP contribution in [0.2, 0.25) is 0 Å². The molecule has 0 bridgehead atoms. The van der Waals surface area contributed by atoms with Gasteiger partial charge < -0.3 is 0 Å². The lowest BCUT2D eigenvalue weighted by molar-refractivity contribution is -0.111. The number of carbonyl (C=O) groups is 1. The summed E-state index contributed by atoms with van der Waals surface area (Å²) < 4.78 is 0. The van der Waals surface area contributed by atoms with Gasteiger partial charge in [-0.05, 0) is 19.8 Å². The van der Waals surface area contributed by atoms with Crippen molar-refractivity contribution >= 4 is 11.7 Å². The molecule has 0 aliphatic heterocycles. The molecule has 0 fully saturated rings. The molecule has 0 saturated carbocycles. The summed E-state index contributed by atoms with van der Waals surface area (Å²) in [4.78, 5) is 10.9. The summed E-state index contributed by atoms with van der Waals surface area (Å²) in [6.45, 7) is 3.46. The molecule has 62 valence electrons. The molecule has 2 N–H and O–H groups in total. The largest absolute Gasteiger partial charge is 0.301 e. The first-order valence-corrected chi connectivity index (χ1v) is 3.48. The maximum Gasteiger partial charge on any atom is 0.301 e. The van der Waals surface area contributed by atoms with Crippen LogP contribution in [-0.4, -0.2) is 16.1 Å². The highest BCUT2D eigenvalue weighted by molar-refractivity contribution is 6.03. The molecule has 0 aromatic carbocycles. The molecule has 1 amide bonds. The van der Waals surface area contributed by atoms with Crippen LogP contribution in [0.15, 0.2) is 6.07 Å². The molecule has 0 atom stereocenters. The van der Waals surface area contributed by atoms with Crippen LogP contribution in [0.5, 0.6) is 0 Å². The van der Waals surface area contributed by atoms with Crippen LogP contribution >= 0.6 is 0 Å². The number of aromatic amines is 1. The molecular formula is C8H9N3O. The van der Waals surface area contributed by atoms with E-state index in [1.807, 2.05) is 6.92 Å². The summed E-state index contributed by atoms with van der Waals surface area (Å²) in [6.07, 6.45) is 0. The van der Waals surface area contributed by atoms with Crippen molar-refractivity contribution in [1.29, 1.82) is 0 Å². The Morgan fingerprint density at radius 2 is 2.50 bits per heavy atom. The lowest BCUT2D eigenvalue weighted by Gasteiger charge is -1.91. The van der Waals surface area contributed by atoms with E-state index in [1.54, 1.807) is 13.0 Å². The number of hydrogen-bond donors (Lipinski definition) is 2.